The fourth-order valence-electron chi connectivity index (χ4n) is 1.21. The van der Waals surface area contributed by atoms with Crippen LogP contribution in [0.15, 0.2) is 12.7 Å². The van der Waals surface area contributed by atoms with Gasteiger partial charge in [0.05, 0.1) is 33.0 Å². The molecule has 0 fully saturated rings. The lowest BCUT2D eigenvalue weighted by Gasteiger charge is -2.07. The molecular weight excluding hydrogens is 340 g/mol. The van der Waals surface area contributed by atoms with E-state index in [2.05, 4.69) is 20.8 Å². The smallest absolute Gasteiger partial charge is 0.417 e. The summed E-state index contributed by atoms with van der Waals surface area (Å²) in [7, 11) is 0. The Morgan fingerprint density at radius 1 is 0.720 bits per heavy atom. The molecule has 0 amide bonds. The Morgan fingerprint density at radius 2 is 1.20 bits per heavy atom. The van der Waals surface area contributed by atoms with Gasteiger partial charge in [0.2, 0.25) is 0 Å². The SMILES string of the molecule is C=CC(=O)COCCOCCOC(=O)C(=O)OCCOCCOC=O. The van der Waals surface area contributed by atoms with E-state index in [9.17, 15) is 19.2 Å². The van der Waals surface area contributed by atoms with E-state index in [1.807, 2.05) is 0 Å². The number of carbonyl (C=O) groups is 4. The summed E-state index contributed by atoms with van der Waals surface area (Å²) in [5.74, 6) is -2.51. The summed E-state index contributed by atoms with van der Waals surface area (Å²) < 4.78 is 28.6. The van der Waals surface area contributed by atoms with Crippen molar-refractivity contribution in [2.75, 3.05) is 59.5 Å². The number of rotatable bonds is 16. The van der Waals surface area contributed by atoms with Gasteiger partial charge in [0.1, 0.15) is 26.4 Å². The summed E-state index contributed by atoms with van der Waals surface area (Å²) in [6.07, 6.45) is 1.16. The van der Waals surface area contributed by atoms with Crippen molar-refractivity contribution in [1.29, 1.82) is 0 Å². The molecule has 0 rings (SSSR count). The summed E-state index contributed by atoms with van der Waals surface area (Å²) in [6.45, 7) is 4.04. The third kappa shape index (κ3) is 15.0. The lowest BCUT2D eigenvalue weighted by atomic mass is 10.4. The standard InChI is InChI=1S/C15H22O10/c1-2-13(17)11-22-5-3-20-7-9-24-14(18)15(19)25-10-8-21-4-6-23-12-16/h2,12H,1,3-11H2. The number of hydrogen-bond donors (Lipinski definition) is 0. The maximum Gasteiger partial charge on any atom is 0.417 e. The molecule has 0 unspecified atom stereocenters. The van der Waals surface area contributed by atoms with E-state index in [0.29, 0.717) is 6.47 Å². The average molecular weight is 362 g/mol. The summed E-state index contributed by atoms with van der Waals surface area (Å²) in [5.41, 5.74) is 0. The van der Waals surface area contributed by atoms with E-state index in [1.165, 1.54) is 0 Å². The van der Waals surface area contributed by atoms with Crippen LogP contribution in [0, 0.1) is 0 Å². The third-order valence-corrected chi connectivity index (χ3v) is 2.35. The molecule has 0 atom stereocenters. The third-order valence-electron chi connectivity index (χ3n) is 2.35. The van der Waals surface area contributed by atoms with Crippen LogP contribution in [0.1, 0.15) is 0 Å². The summed E-state index contributed by atoms with van der Waals surface area (Å²) >= 11 is 0. The molecule has 0 aromatic carbocycles. The van der Waals surface area contributed by atoms with E-state index in [4.69, 9.17) is 14.2 Å². The second-order valence-corrected chi connectivity index (χ2v) is 4.19. The zero-order valence-corrected chi connectivity index (χ0v) is 13.8. The minimum absolute atomic E-state index is 0.0543. The normalized spacial score (nSPS) is 9.92. The van der Waals surface area contributed by atoms with Gasteiger partial charge in [-0.05, 0) is 6.08 Å². The molecule has 0 aromatic heterocycles. The molecule has 10 nitrogen and oxygen atoms in total. The van der Waals surface area contributed by atoms with Crippen LogP contribution in [0.25, 0.3) is 0 Å². The van der Waals surface area contributed by atoms with Crippen molar-refractivity contribution in [2.24, 2.45) is 0 Å². The van der Waals surface area contributed by atoms with Crippen molar-refractivity contribution in [1.82, 2.24) is 0 Å². The topological polar surface area (TPSA) is 124 Å². The number of carbonyl (C=O) groups excluding carboxylic acids is 4. The molecule has 0 N–H and O–H groups in total. The Labute approximate surface area is 144 Å². The van der Waals surface area contributed by atoms with Gasteiger partial charge in [-0.15, -0.1) is 0 Å². The molecule has 0 spiro atoms. The van der Waals surface area contributed by atoms with Crippen molar-refractivity contribution in [3.8, 4) is 0 Å². The van der Waals surface area contributed by atoms with Crippen molar-refractivity contribution in [3.05, 3.63) is 12.7 Å². The first kappa shape index (κ1) is 22.7. The van der Waals surface area contributed by atoms with Gasteiger partial charge in [0, 0.05) is 0 Å². The van der Waals surface area contributed by atoms with Crippen LogP contribution in [0.4, 0.5) is 0 Å². The molecule has 0 aliphatic carbocycles. The molecule has 10 heteroatoms. The predicted molar refractivity (Wildman–Crippen MR) is 81.6 cm³/mol. The molecule has 0 saturated heterocycles. The Bertz CT molecular complexity index is 421. The lowest BCUT2D eigenvalue weighted by molar-refractivity contribution is -0.169. The van der Waals surface area contributed by atoms with Crippen molar-refractivity contribution >= 4 is 24.2 Å². The summed E-state index contributed by atoms with van der Waals surface area (Å²) in [6, 6.07) is 0. The van der Waals surface area contributed by atoms with E-state index < -0.39 is 11.9 Å². The van der Waals surface area contributed by atoms with Gasteiger partial charge < -0.3 is 28.4 Å². The highest BCUT2D eigenvalue weighted by Crippen LogP contribution is 1.88. The highest BCUT2D eigenvalue weighted by Gasteiger charge is 2.16. The van der Waals surface area contributed by atoms with Crippen LogP contribution in [0.3, 0.4) is 0 Å². The van der Waals surface area contributed by atoms with Gasteiger partial charge in [0.25, 0.3) is 6.47 Å². The number of esters is 2. The van der Waals surface area contributed by atoms with Crippen molar-refractivity contribution < 1.29 is 47.6 Å². The van der Waals surface area contributed by atoms with E-state index in [1.54, 1.807) is 0 Å². The molecule has 0 aliphatic rings. The zero-order valence-electron chi connectivity index (χ0n) is 13.8. The van der Waals surface area contributed by atoms with E-state index >= 15 is 0 Å². The molecule has 0 radical (unpaired) electrons. The Balaban J connectivity index is 3.43. The highest BCUT2D eigenvalue weighted by atomic mass is 16.6. The first-order valence-electron chi connectivity index (χ1n) is 7.39. The van der Waals surface area contributed by atoms with Crippen molar-refractivity contribution in [2.45, 2.75) is 0 Å². The molecule has 142 valence electrons. The minimum Gasteiger partial charge on any atom is -0.465 e. The van der Waals surface area contributed by atoms with Crippen LogP contribution in [-0.4, -0.2) is 83.7 Å². The first-order chi connectivity index (χ1) is 12.1. The molecule has 0 aromatic rings. The molecule has 0 saturated carbocycles. The van der Waals surface area contributed by atoms with Crippen LogP contribution in [0.5, 0.6) is 0 Å². The molecule has 0 aliphatic heterocycles. The zero-order chi connectivity index (χ0) is 18.8. The van der Waals surface area contributed by atoms with Gasteiger partial charge in [-0.3, -0.25) is 9.59 Å². The van der Waals surface area contributed by atoms with Crippen LogP contribution >= 0.6 is 0 Å². The maximum atomic E-state index is 11.3. The molecule has 0 heterocycles. The van der Waals surface area contributed by atoms with Crippen LogP contribution < -0.4 is 0 Å². The lowest BCUT2D eigenvalue weighted by Crippen LogP contribution is -2.24. The maximum absolute atomic E-state index is 11.3. The quantitative estimate of drug-likeness (QED) is 0.0847. The predicted octanol–water partition coefficient (Wildman–Crippen LogP) is -0.949. The highest BCUT2D eigenvalue weighted by molar-refractivity contribution is 6.29. The Morgan fingerprint density at radius 3 is 1.72 bits per heavy atom. The molecular formula is C15H22O10. The first-order valence-corrected chi connectivity index (χ1v) is 7.39. The van der Waals surface area contributed by atoms with Gasteiger partial charge in [-0.1, -0.05) is 6.58 Å². The van der Waals surface area contributed by atoms with Gasteiger partial charge in [-0.25, -0.2) is 9.59 Å². The second kappa shape index (κ2) is 16.6. The fraction of sp³-hybridized carbons (Fsp3) is 0.600. The number of ketones is 1. The van der Waals surface area contributed by atoms with Gasteiger partial charge >= 0.3 is 11.9 Å². The minimum atomic E-state index is -1.14. The second-order valence-electron chi connectivity index (χ2n) is 4.19. The largest absolute Gasteiger partial charge is 0.465 e. The average Bonchev–Trinajstić information content (AvgIpc) is 2.62. The summed E-state index contributed by atoms with van der Waals surface area (Å²) in [5, 5.41) is 0. The molecule has 0 bridgehead atoms. The van der Waals surface area contributed by atoms with Crippen molar-refractivity contribution in [3.63, 3.8) is 0 Å². The van der Waals surface area contributed by atoms with E-state index in [0.717, 1.165) is 6.08 Å². The van der Waals surface area contributed by atoms with Gasteiger partial charge in [-0.2, -0.15) is 0 Å². The number of hydrogen-bond acceptors (Lipinski definition) is 10. The van der Waals surface area contributed by atoms with E-state index in [-0.39, 0.29) is 65.2 Å². The molecule has 25 heavy (non-hydrogen) atoms. The Hall–Kier alpha value is -2.30. The summed E-state index contributed by atoms with van der Waals surface area (Å²) in [4.78, 5) is 43.2. The monoisotopic (exact) mass is 362 g/mol. The van der Waals surface area contributed by atoms with Gasteiger partial charge in [0.15, 0.2) is 5.78 Å². The number of ether oxygens (including phenoxy) is 6. The van der Waals surface area contributed by atoms with Crippen LogP contribution in [0.2, 0.25) is 0 Å². The Kier molecular flexibility index (Phi) is 15.0. The van der Waals surface area contributed by atoms with Crippen LogP contribution in [-0.2, 0) is 47.6 Å². The fourth-order valence-corrected chi connectivity index (χ4v) is 1.21.